The average molecular weight is 397 g/mol. The molecule has 0 spiro atoms. The summed E-state index contributed by atoms with van der Waals surface area (Å²) in [5, 5.41) is 12.3. The first-order valence-corrected chi connectivity index (χ1v) is 9.41. The fraction of sp³-hybridized carbons (Fsp3) is 0.304. The van der Waals surface area contributed by atoms with Gasteiger partial charge in [-0.25, -0.2) is 0 Å². The Morgan fingerprint density at radius 3 is 2.46 bits per heavy atom. The first-order valence-electron chi connectivity index (χ1n) is 9.41. The molecule has 1 fully saturated rings. The number of aromatic nitrogens is 1. The third-order valence-corrected chi connectivity index (χ3v) is 5.62. The second-order valence-corrected chi connectivity index (χ2v) is 7.50. The Balaban J connectivity index is 0.00000225. The zero-order valence-electron chi connectivity index (χ0n) is 16.2. The van der Waals surface area contributed by atoms with E-state index < -0.39 is 5.60 Å². The van der Waals surface area contributed by atoms with Gasteiger partial charge in [0.15, 0.2) is 0 Å². The molecule has 1 aliphatic rings. The molecule has 0 saturated carbocycles. The van der Waals surface area contributed by atoms with Crippen molar-refractivity contribution in [1.29, 1.82) is 0 Å². The maximum Gasteiger partial charge on any atom is 0.254 e. The molecule has 5 heteroatoms. The third-order valence-electron chi connectivity index (χ3n) is 5.62. The number of carbonyl (C=O) groups is 1. The number of aryl methyl sites for hydroxylation is 2. The van der Waals surface area contributed by atoms with E-state index in [9.17, 15) is 9.90 Å². The standard InChI is InChI=1S/C23H24N2O2.ClH/c1-16-5-3-4-6-20(16)22(26)25-13-11-23(27,12-14-25)19-9-10-21-18(15-19)8-7-17(2)24-21;/h3-10,15,27H,11-14H2,1-2H3;1H. The van der Waals surface area contributed by atoms with Crippen LogP contribution in [0, 0.1) is 13.8 Å². The summed E-state index contributed by atoms with van der Waals surface area (Å²) in [6.45, 7) is 5.03. The first-order chi connectivity index (χ1) is 13.0. The van der Waals surface area contributed by atoms with Crippen LogP contribution >= 0.6 is 12.4 Å². The van der Waals surface area contributed by atoms with Gasteiger partial charge in [0.25, 0.3) is 5.91 Å². The average Bonchev–Trinajstić information content (AvgIpc) is 2.68. The van der Waals surface area contributed by atoms with Crippen LogP contribution in [0.2, 0.25) is 0 Å². The molecule has 1 saturated heterocycles. The number of amides is 1. The van der Waals surface area contributed by atoms with Gasteiger partial charge in [-0.2, -0.15) is 0 Å². The highest BCUT2D eigenvalue weighted by atomic mass is 35.5. The maximum atomic E-state index is 12.8. The summed E-state index contributed by atoms with van der Waals surface area (Å²) in [7, 11) is 0. The van der Waals surface area contributed by atoms with Gasteiger partial charge in [-0.05, 0) is 62.1 Å². The maximum absolute atomic E-state index is 12.8. The van der Waals surface area contributed by atoms with Crippen molar-refractivity contribution >= 4 is 29.2 Å². The summed E-state index contributed by atoms with van der Waals surface area (Å²) in [6, 6.07) is 17.7. The Bertz CT molecular complexity index is 1010. The molecule has 4 nitrogen and oxygen atoms in total. The number of rotatable bonds is 2. The van der Waals surface area contributed by atoms with Crippen LogP contribution in [0.5, 0.6) is 0 Å². The normalized spacial score (nSPS) is 15.9. The molecule has 1 amide bonds. The first kappa shape index (κ1) is 20.3. The van der Waals surface area contributed by atoms with Crippen LogP contribution in [0.25, 0.3) is 10.9 Å². The van der Waals surface area contributed by atoms with Crippen LogP contribution in [0.3, 0.4) is 0 Å². The second kappa shape index (κ2) is 7.90. The van der Waals surface area contributed by atoms with E-state index in [2.05, 4.69) is 4.98 Å². The number of likely N-dealkylation sites (tertiary alicyclic amines) is 1. The molecular formula is C23H25ClN2O2. The summed E-state index contributed by atoms with van der Waals surface area (Å²) in [5.41, 5.74) is 3.66. The van der Waals surface area contributed by atoms with Gasteiger partial charge in [0.05, 0.1) is 11.1 Å². The van der Waals surface area contributed by atoms with Gasteiger partial charge < -0.3 is 10.0 Å². The molecule has 28 heavy (non-hydrogen) atoms. The van der Waals surface area contributed by atoms with Crippen molar-refractivity contribution in [3.05, 3.63) is 77.0 Å². The Morgan fingerprint density at radius 2 is 1.75 bits per heavy atom. The zero-order valence-corrected chi connectivity index (χ0v) is 17.0. The van der Waals surface area contributed by atoms with Gasteiger partial charge >= 0.3 is 0 Å². The molecule has 0 bridgehead atoms. The van der Waals surface area contributed by atoms with Crippen molar-refractivity contribution in [2.24, 2.45) is 0 Å². The summed E-state index contributed by atoms with van der Waals surface area (Å²) < 4.78 is 0. The monoisotopic (exact) mass is 396 g/mol. The van der Waals surface area contributed by atoms with Gasteiger partial charge in [-0.3, -0.25) is 9.78 Å². The number of benzene rings is 2. The second-order valence-electron chi connectivity index (χ2n) is 7.50. The van der Waals surface area contributed by atoms with Crippen LogP contribution in [-0.4, -0.2) is 34.0 Å². The molecule has 146 valence electrons. The van der Waals surface area contributed by atoms with E-state index in [1.807, 2.05) is 73.3 Å². The lowest BCUT2D eigenvalue weighted by atomic mass is 9.83. The topological polar surface area (TPSA) is 53.4 Å². The minimum absolute atomic E-state index is 0. The number of hydrogen-bond donors (Lipinski definition) is 1. The number of nitrogens with zero attached hydrogens (tertiary/aromatic N) is 2. The number of halogens is 1. The molecule has 2 heterocycles. The van der Waals surface area contributed by atoms with Gasteiger partial charge in [-0.15, -0.1) is 12.4 Å². The molecular weight excluding hydrogens is 372 g/mol. The molecule has 2 aromatic carbocycles. The molecule has 0 aliphatic carbocycles. The van der Waals surface area contributed by atoms with E-state index in [0.29, 0.717) is 25.9 Å². The Morgan fingerprint density at radius 1 is 1.04 bits per heavy atom. The summed E-state index contributed by atoms with van der Waals surface area (Å²) in [6.07, 6.45) is 1.07. The molecule has 1 N–H and O–H groups in total. The van der Waals surface area contributed by atoms with Crippen LogP contribution in [0.1, 0.15) is 40.0 Å². The molecule has 0 atom stereocenters. The molecule has 0 unspecified atom stereocenters. The fourth-order valence-electron chi connectivity index (χ4n) is 3.87. The number of aliphatic hydroxyl groups is 1. The van der Waals surface area contributed by atoms with E-state index in [4.69, 9.17) is 0 Å². The lowest BCUT2D eigenvalue weighted by molar-refractivity contribution is -0.0210. The van der Waals surface area contributed by atoms with Crippen molar-refractivity contribution in [3.8, 4) is 0 Å². The molecule has 1 aromatic heterocycles. The summed E-state index contributed by atoms with van der Waals surface area (Å²) in [5.74, 6) is 0.0494. The molecule has 1 aliphatic heterocycles. The van der Waals surface area contributed by atoms with Gasteiger partial charge in [0.1, 0.15) is 0 Å². The minimum atomic E-state index is -0.901. The molecule has 3 aromatic rings. The van der Waals surface area contributed by atoms with Crippen LogP contribution < -0.4 is 0 Å². The lowest BCUT2D eigenvalue weighted by Gasteiger charge is -2.38. The Hall–Kier alpha value is -2.43. The highest BCUT2D eigenvalue weighted by Crippen LogP contribution is 2.34. The molecule has 0 radical (unpaired) electrons. The van der Waals surface area contributed by atoms with Gasteiger partial charge in [0, 0.05) is 29.7 Å². The predicted octanol–water partition coefficient (Wildman–Crippen LogP) is 4.40. The SMILES string of the molecule is Cc1ccc2cc(C3(O)CCN(C(=O)c4ccccc4C)CC3)ccc2n1.Cl. The minimum Gasteiger partial charge on any atom is -0.385 e. The third kappa shape index (κ3) is 3.75. The van der Waals surface area contributed by atoms with Crippen LogP contribution in [-0.2, 0) is 5.60 Å². The van der Waals surface area contributed by atoms with E-state index in [1.165, 1.54) is 0 Å². The van der Waals surface area contributed by atoms with E-state index in [-0.39, 0.29) is 18.3 Å². The van der Waals surface area contributed by atoms with Crippen molar-refractivity contribution in [2.45, 2.75) is 32.3 Å². The highest BCUT2D eigenvalue weighted by molar-refractivity contribution is 5.95. The van der Waals surface area contributed by atoms with E-state index in [1.54, 1.807) is 0 Å². The number of piperidine rings is 1. The van der Waals surface area contributed by atoms with Gasteiger partial charge in [-0.1, -0.05) is 30.3 Å². The smallest absolute Gasteiger partial charge is 0.254 e. The van der Waals surface area contributed by atoms with E-state index >= 15 is 0 Å². The summed E-state index contributed by atoms with van der Waals surface area (Å²) >= 11 is 0. The van der Waals surface area contributed by atoms with Crippen molar-refractivity contribution in [1.82, 2.24) is 9.88 Å². The largest absolute Gasteiger partial charge is 0.385 e. The van der Waals surface area contributed by atoms with Crippen LogP contribution in [0.15, 0.2) is 54.6 Å². The zero-order chi connectivity index (χ0) is 19.0. The van der Waals surface area contributed by atoms with Gasteiger partial charge in [0.2, 0.25) is 0 Å². The number of pyridine rings is 1. The molecule has 4 rings (SSSR count). The number of hydrogen-bond acceptors (Lipinski definition) is 3. The van der Waals surface area contributed by atoms with Crippen molar-refractivity contribution < 1.29 is 9.90 Å². The van der Waals surface area contributed by atoms with Crippen LogP contribution in [0.4, 0.5) is 0 Å². The quantitative estimate of drug-likeness (QED) is 0.698. The number of carbonyl (C=O) groups excluding carboxylic acids is 1. The lowest BCUT2D eigenvalue weighted by Crippen LogP contribution is -2.45. The Kier molecular flexibility index (Phi) is 5.73. The van der Waals surface area contributed by atoms with E-state index in [0.717, 1.165) is 33.3 Å². The number of fused-ring (bicyclic) bond motifs is 1. The van der Waals surface area contributed by atoms with Crippen molar-refractivity contribution in [3.63, 3.8) is 0 Å². The fourth-order valence-corrected chi connectivity index (χ4v) is 3.87. The van der Waals surface area contributed by atoms with Crippen molar-refractivity contribution in [2.75, 3.05) is 13.1 Å². The Labute approximate surface area is 171 Å². The highest BCUT2D eigenvalue weighted by Gasteiger charge is 2.36. The summed E-state index contributed by atoms with van der Waals surface area (Å²) in [4.78, 5) is 19.2. The predicted molar refractivity (Wildman–Crippen MR) is 114 cm³/mol.